The van der Waals surface area contributed by atoms with Gasteiger partial charge >= 0.3 is 0 Å². The molecule has 0 radical (unpaired) electrons. The zero-order chi connectivity index (χ0) is 17.9. The number of hydrogen-bond donors (Lipinski definition) is 1. The van der Waals surface area contributed by atoms with Crippen LogP contribution in [0.15, 0.2) is 42.7 Å². The Morgan fingerprint density at radius 1 is 1.27 bits per heavy atom. The minimum Gasteiger partial charge on any atom is -0.385 e. The van der Waals surface area contributed by atoms with E-state index < -0.39 is 5.60 Å². The fraction of sp³-hybridized carbons (Fsp3) is 0.476. The van der Waals surface area contributed by atoms with Crippen LogP contribution < -0.4 is 0 Å². The molecule has 0 bridgehead atoms. The van der Waals surface area contributed by atoms with Crippen LogP contribution >= 0.6 is 24.0 Å². The summed E-state index contributed by atoms with van der Waals surface area (Å²) in [4.78, 5) is 6.44. The lowest BCUT2D eigenvalue weighted by Crippen LogP contribution is -2.34. The highest BCUT2D eigenvalue weighted by Crippen LogP contribution is 2.47. The molecule has 1 aliphatic rings. The maximum atomic E-state index is 11.9. The second kappa shape index (κ2) is 9.18. The number of aromatic nitrogens is 1. The Morgan fingerprint density at radius 2 is 2.04 bits per heavy atom. The van der Waals surface area contributed by atoms with Gasteiger partial charge in [0, 0.05) is 18.3 Å². The molecule has 1 N–H and O–H groups in total. The molecule has 1 aliphatic carbocycles. The number of hydrogen-bond acceptors (Lipinski definition) is 3. The molecule has 3 rings (SSSR count). The van der Waals surface area contributed by atoms with E-state index in [0.29, 0.717) is 5.02 Å². The lowest BCUT2D eigenvalue weighted by molar-refractivity contribution is -0.00614. The molecular formula is C21H28Cl2N2O. The van der Waals surface area contributed by atoms with Crippen molar-refractivity contribution in [3.05, 3.63) is 64.4 Å². The number of halogens is 2. The molecule has 0 aliphatic heterocycles. The van der Waals surface area contributed by atoms with Gasteiger partial charge in [0.25, 0.3) is 0 Å². The lowest BCUT2D eigenvalue weighted by Gasteiger charge is -2.37. The zero-order valence-corrected chi connectivity index (χ0v) is 17.1. The normalized spacial score (nSPS) is 22.4. The van der Waals surface area contributed by atoms with Crippen molar-refractivity contribution in [1.29, 1.82) is 0 Å². The number of nitrogens with zero attached hydrogens (tertiary/aromatic N) is 2. The van der Waals surface area contributed by atoms with Gasteiger partial charge in [-0.1, -0.05) is 35.9 Å². The number of aryl methyl sites for hydroxylation is 1. The highest BCUT2D eigenvalue weighted by molar-refractivity contribution is 6.30. The van der Waals surface area contributed by atoms with Crippen molar-refractivity contribution < 1.29 is 5.11 Å². The Labute approximate surface area is 167 Å². The van der Waals surface area contributed by atoms with Crippen LogP contribution in [0.3, 0.4) is 0 Å². The quantitative estimate of drug-likeness (QED) is 0.739. The van der Waals surface area contributed by atoms with Crippen LogP contribution in [0.1, 0.15) is 48.3 Å². The van der Waals surface area contributed by atoms with E-state index in [1.165, 1.54) is 5.56 Å². The molecule has 2 atom stereocenters. The second-order valence-electron chi connectivity index (χ2n) is 7.37. The molecule has 0 saturated heterocycles. The van der Waals surface area contributed by atoms with Gasteiger partial charge in [-0.2, -0.15) is 0 Å². The third kappa shape index (κ3) is 4.58. The van der Waals surface area contributed by atoms with Gasteiger partial charge in [0.2, 0.25) is 0 Å². The molecule has 0 spiro atoms. The highest BCUT2D eigenvalue weighted by Gasteiger charge is 2.41. The van der Waals surface area contributed by atoms with Crippen LogP contribution in [-0.4, -0.2) is 35.6 Å². The molecule has 1 aromatic heterocycles. The monoisotopic (exact) mass is 394 g/mol. The van der Waals surface area contributed by atoms with E-state index >= 15 is 0 Å². The number of benzene rings is 1. The molecule has 3 nitrogen and oxygen atoms in total. The Hall–Kier alpha value is -1.13. The molecule has 5 heteroatoms. The van der Waals surface area contributed by atoms with Gasteiger partial charge < -0.3 is 10.0 Å². The van der Waals surface area contributed by atoms with Gasteiger partial charge in [-0.25, -0.2) is 0 Å². The first kappa shape index (κ1) is 21.2. The fourth-order valence-corrected chi connectivity index (χ4v) is 4.30. The van der Waals surface area contributed by atoms with Crippen LogP contribution in [0, 0.1) is 0 Å². The first-order valence-corrected chi connectivity index (χ1v) is 9.44. The van der Waals surface area contributed by atoms with Crippen molar-refractivity contribution in [2.45, 2.75) is 43.6 Å². The third-order valence-electron chi connectivity index (χ3n) is 5.29. The number of pyridine rings is 1. The van der Waals surface area contributed by atoms with Crippen molar-refractivity contribution in [3.8, 4) is 0 Å². The molecule has 26 heavy (non-hydrogen) atoms. The summed E-state index contributed by atoms with van der Waals surface area (Å²) in [5.74, 6) is 0.0181. The molecule has 1 aromatic carbocycles. The van der Waals surface area contributed by atoms with E-state index in [1.807, 2.05) is 18.3 Å². The SMILES string of the molecule is CN(C)CCC[C@@]1(O)c2ccccc2CCC[C@@H]1c1cncc(Cl)c1.Cl. The summed E-state index contributed by atoms with van der Waals surface area (Å²) in [6.07, 6.45) is 8.21. The maximum absolute atomic E-state index is 11.9. The standard InChI is InChI=1S/C21H27ClN2O.ClH/c1-24(2)12-6-11-21(25)19-9-4-3-7-16(19)8-5-10-20(21)17-13-18(22)15-23-14-17;/h3-4,7,9,13-15,20,25H,5-6,8,10-12H2,1-2H3;1H/t20-,21-;/m1./s1. The summed E-state index contributed by atoms with van der Waals surface area (Å²) < 4.78 is 0. The Bertz CT molecular complexity index is 723. The van der Waals surface area contributed by atoms with Gasteiger partial charge in [0.15, 0.2) is 0 Å². The van der Waals surface area contributed by atoms with Crippen LogP contribution in [0.5, 0.6) is 0 Å². The van der Waals surface area contributed by atoms with Gasteiger partial charge in [0.1, 0.15) is 0 Å². The highest BCUT2D eigenvalue weighted by atomic mass is 35.5. The second-order valence-corrected chi connectivity index (χ2v) is 7.81. The zero-order valence-electron chi connectivity index (χ0n) is 15.5. The molecule has 142 valence electrons. The van der Waals surface area contributed by atoms with E-state index in [2.05, 4.69) is 42.2 Å². The minimum absolute atomic E-state index is 0. The number of aliphatic hydroxyl groups is 1. The largest absolute Gasteiger partial charge is 0.385 e. The van der Waals surface area contributed by atoms with Crippen molar-refractivity contribution in [3.63, 3.8) is 0 Å². The minimum atomic E-state index is -0.879. The summed E-state index contributed by atoms with van der Waals surface area (Å²) >= 11 is 6.19. The molecular weight excluding hydrogens is 367 g/mol. The average Bonchev–Trinajstić information content (AvgIpc) is 2.72. The number of rotatable bonds is 5. The Balaban J connectivity index is 0.00000243. The summed E-state index contributed by atoms with van der Waals surface area (Å²) in [6.45, 7) is 0.963. The van der Waals surface area contributed by atoms with Gasteiger partial charge in [-0.05, 0) is 75.5 Å². The maximum Gasteiger partial charge on any atom is 0.0968 e. The predicted octanol–water partition coefficient (Wildman–Crippen LogP) is 4.81. The molecule has 0 amide bonds. The van der Waals surface area contributed by atoms with Gasteiger partial charge in [0.05, 0.1) is 10.6 Å². The van der Waals surface area contributed by atoms with Crippen LogP contribution in [0.4, 0.5) is 0 Å². The molecule has 2 aromatic rings. The summed E-state index contributed by atoms with van der Waals surface area (Å²) in [7, 11) is 4.15. The first-order valence-electron chi connectivity index (χ1n) is 9.06. The fourth-order valence-electron chi connectivity index (χ4n) is 4.12. The molecule has 0 unspecified atom stereocenters. The van der Waals surface area contributed by atoms with Crippen LogP contribution in [0.25, 0.3) is 0 Å². The topological polar surface area (TPSA) is 36.4 Å². The summed E-state index contributed by atoms with van der Waals surface area (Å²) in [6, 6.07) is 10.3. The van der Waals surface area contributed by atoms with E-state index in [0.717, 1.165) is 49.8 Å². The van der Waals surface area contributed by atoms with Crippen molar-refractivity contribution in [2.75, 3.05) is 20.6 Å². The van der Waals surface area contributed by atoms with Gasteiger partial charge in [-0.15, -0.1) is 12.4 Å². The number of fused-ring (bicyclic) bond motifs is 1. The Morgan fingerprint density at radius 3 is 2.77 bits per heavy atom. The van der Waals surface area contributed by atoms with Crippen molar-refractivity contribution in [2.24, 2.45) is 0 Å². The van der Waals surface area contributed by atoms with E-state index in [-0.39, 0.29) is 18.3 Å². The molecule has 0 saturated carbocycles. The van der Waals surface area contributed by atoms with Crippen molar-refractivity contribution in [1.82, 2.24) is 9.88 Å². The van der Waals surface area contributed by atoms with Gasteiger partial charge in [-0.3, -0.25) is 4.98 Å². The summed E-state index contributed by atoms with van der Waals surface area (Å²) in [5, 5.41) is 12.6. The van der Waals surface area contributed by atoms with Crippen molar-refractivity contribution >= 4 is 24.0 Å². The lowest BCUT2D eigenvalue weighted by atomic mass is 9.73. The smallest absolute Gasteiger partial charge is 0.0968 e. The van der Waals surface area contributed by atoms with Crippen LogP contribution in [-0.2, 0) is 12.0 Å². The molecule has 1 heterocycles. The van der Waals surface area contributed by atoms with E-state index in [4.69, 9.17) is 11.6 Å². The first-order chi connectivity index (χ1) is 12.0. The Kier molecular flexibility index (Phi) is 7.48. The predicted molar refractivity (Wildman–Crippen MR) is 110 cm³/mol. The average molecular weight is 395 g/mol. The van der Waals surface area contributed by atoms with E-state index in [1.54, 1.807) is 6.20 Å². The van der Waals surface area contributed by atoms with E-state index in [9.17, 15) is 5.11 Å². The van der Waals surface area contributed by atoms with Crippen LogP contribution in [0.2, 0.25) is 5.02 Å². The molecule has 0 fully saturated rings. The third-order valence-corrected chi connectivity index (χ3v) is 5.50. The summed E-state index contributed by atoms with van der Waals surface area (Å²) in [5.41, 5.74) is 2.51.